The van der Waals surface area contributed by atoms with Crippen LogP contribution in [0.15, 0.2) is 60.3 Å². The van der Waals surface area contributed by atoms with Crippen molar-refractivity contribution in [3.8, 4) is 0 Å². The Morgan fingerprint density at radius 1 is 1.14 bits per heavy atom. The van der Waals surface area contributed by atoms with Gasteiger partial charge in [-0.05, 0) is 25.0 Å². The number of unbranched alkanes of at least 4 members (excludes halogenated alkanes) is 1. The number of carbonyl (C=O) groups is 2. The number of likely N-dealkylation sites (tertiary alicyclic amines) is 1. The first kappa shape index (κ1) is 19.0. The molecule has 4 rings (SSSR count). The molecule has 0 radical (unpaired) electrons. The van der Waals surface area contributed by atoms with Crippen LogP contribution in [0.2, 0.25) is 0 Å². The molecule has 1 aliphatic rings. The third kappa shape index (κ3) is 3.23. The Morgan fingerprint density at radius 3 is 2.69 bits per heavy atom. The van der Waals surface area contributed by atoms with Gasteiger partial charge in [0, 0.05) is 29.2 Å². The number of H-pyrrole nitrogens is 1. The molecule has 1 saturated heterocycles. The van der Waals surface area contributed by atoms with Crippen LogP contribution in [0.25, 0.3) is 16.7 Å². The van der Waals surface area contributed by atoms with Crippen molar-refractivity contribution in [2.75, 3.05) is 6.54 Å². The van der Waals surface area contributed by atoms with Crippen molar-refractivity contribution in [2.45, 2.75) is 32.7 Å². The number of carbonyl (C=O) groups excluding carboxylic acids is 2. The molecule has 2 aromatic carbocycles. The lowest BCUT2D eigenvalue weighted by molar-refractivity contribution is -0.139. The van der Waals surface area contributed by atoms with Crippen molar-refractivity contribution >= 4 is 28.4 Å². The minimum absolute atomic E-state index is 0.133. The molecule has 1 aromatic heterocycles. The Bertz CT molecular complexity index is 1130. The van der Waals surface area contributed by atoms with E-state index in [0.717, 1.165) is 34.9 Å². The van der Waals surface area contributed by atoms with E-state index >= 15 is 0 Å². The number of aliphatic hydroxyl groups is 1. The standard InChI is InChI=1S/C24H24N2O3/c1-3-4-12-26-21(16-9-7-8-15(2)13-16)20(23(28)24(26)29)22(27)18-14-25-19-11-6-5-10-17(18)19/h5-11,13-14,21,25,27H,3-4,12H2,1-2H3/b22-20-. The number of rotatable bonds is 5. The average molecular weight is 388 g/mol. The zero-order valence-electron chi connectivity index (χ0n) is 16.6. The SMILES string of the molecule is CCCCN1C(=O)C(=O)/C(=C(\O)c2c[nH]c3ccccc23)C1c1cccc(C)c1. The maximum Gasteiger partial charge on any atom is 0.295 e. The molecule has 5 heteroatoms. The number of aryl methyl sites for hydroxylation is 1. The molecule has 0 bridgehead atoms. The van der Waals surface area contributed by atoms with Gasteiger partial charge in [0.15, 0.2) is 0 Å². The van der Waals surface area contributed by atoms with E-state index in [0.29, 0.717) is 12.1 Å². The predicted octanol–water partition coefficient (Wildman–Crippen LogP) is 4.70. The first-order chi connectivity index (χ1) is 14.0. The summed E-state index contributed by atoms with van der Waals surface area (Å²) in [5.74, 6) is -1.31. The summed E-state index contributed by atoms with van der Waals surface area (Å²) in [5, 5.41) is 12.0. The second-order valence-corrected chi connectivity index (χ2v) is 7.51. The van der Waals surface area contributed by atoms with Crippen molar-refractivity contribution in [3.05, 3.63) is 77.0 Å². The number of fused-ring (bicyclic) bond motifs is 1. The molecule has 5 nitrogen and oxygen atoms in total. The lowest BCUT2D eigenvalue weighted by Gasteiger charge is -2.25. The Labute approximate surface area is 169 Å². The highest BCUT2D eigenvalue weighted by Gasteiger charge is 2.45. The summed E-state index contributed by atoms with van der Waals surface area (Å²) in [4.78, 5) is 30.6. The lowest BCUT2D eigenvalue weighted by atomic mass is 9.94. The number of nitrogens with one attached hydrogen (secondary N) is 1. The fourth-order valence-corrected chi connectivity index (χ4v) is 4.04. The van der Waals surface area contributed by atoms with Crippen molar-refractivity contribution in [1.82, 2.24) is 9.88 Å². The van der Waals surface area contributed by atoms with Gasteiger partial charge in [-0.1, -0.05) is 61.4 Å². The molecule has 1 unspecified atom stereocenters. The monoisotopic (exact) mass is 388 g/mol. The van der Waals surface area contributed by atoms with Crippen LogP contribution in [0.4, 0.5) is 0 Å². The van der Waals surface area contributed by atoms with E-state index in [2.05, 4.69) is 4.98 Å². The molecule has 148 valence electrons. The Balaban J connectivity index is 1.92. The number of hydrogen-bond acceptors (Lipinski definition) is 3. The summed E-state index contributed by atoms with van der Waals surface area (Å²) in [6.45, 7) is 4.50. The van der Waals surface area contributed by atoms with Crippen LogP contribution in [-0.2, 0) is 9.59 Å². The predicted molar refractivity (Wildman–Crippen MR) is 113 cm³/mol. The number of aromatic nitrogens is 1. The summed E-state index contributed by atoms with van der Waals surface area (Å²) in [7, 11) is 0. The third-order valence-electron chi connectivity index (χ3n) is 5.49. The summed E-state index contributed by atoms with van der Waals surface area (Å²) < 4.78 is 0. The first-order valence-electron chi connectivity index (χ1n) is 9.94. The van der Waals surface area contributed by atoms with E-state index in [1.165, 1.54) is 0 Å². The second kappa shape index (κ2) is 7.59. The van der Waals surface area contributed by atoms with Crippen LogP contribution < -0.4 is 0 Å². The van der Waals surface area contributed by atoms with Gasteiger partial charge in [0.1, 0.15) is 5.76 Å². The maximum atomic E-state index is 13.0. The number of Topliss-reactive ketones (excluding diaryl/α,β-unsaturated/α-hetero) is 1. The number of para-hydroxylation sites is 1. The minimum Gasteiger partial charge on any atom is -0.507 e. The van der Waals surface area contributed by atoms with Crippen molar-refractivity contribution in [2.24, 2.45) is 0 Å². The molecule has 3 aromatic rings. The van der Waals surface area contributed by atoms with Crippen LogP contribution in [0.3, 0.4) is 0 Å². The largest absolute Gasteiger partial charge is 0.507 e. The molecule has 0 aliphatic carbocycles. The average Bonchev–Trinajstić information content (AvgIpc) is 3.26. The molecule has 1 atom stereocenters. The van der Waals surface area contributed by atoms with E-state index in [1.807, 2.05) is 62.4 Å². The summed E-state index contributed by atoms with van der Waals surface area (Å²) in [5.41, 5.74) is 3.42. The number of aromatic amines is 1. The summed E-state index contributed by atoms with van der Waals surface area (Å²) >= 11 is 0. The van der Waals surface area contributed by atoms with Crippen LogP contribution in [0.5, 0.6) is 0 Å². The van der Waals surface area contributed by atoms with Crippen LogP contribution in [0.1, 0.15) is 42.5 Å². The van der Waals surface area contributed by atoms with Gasteiger partial charge in [-0.25, -0.2) is 0 Å². The topological polar surface area (TPSA) is 73.4 Å². The lowest BCUT2D eigenvalue weighted by Crippen LogP contribution is -2.30. The number of nitrogens with zero attached hydrogens (tertiary/aromatic N) is 1. The van der Waals surface area contributed by atoms with Crippen LogP contribution in [0, 0.1) is 6.92 Å². The van der Waals surface area contributed by atoms with E-state index in [4.69, 9.17) is 0 Å². The van der Waals surface area contributed by atoms with Crippen LogP contribution in [-0.4, -0.2) is 33.2 Å². The number of aliphatic hydroxyl groups excluding tert-OH is 1. The highest BCUT2D eigenvalue weighted by Crippen LogP contribution is 2.40. The van der Waals surface area contributed by atoms with E-state index in [-0.39, 0.29) is 11.3 Å². The van der Waals surface area contributed by atoms with Gasteiger partial charge in [0.2, 0.25) is 0 Å². The molecular formula is C24H24N2O3. The van der Waals surface area contributed by atoms with E-state index in [9.17, 15) is 14.7 Å². The number of amides is 1. The molecule has 0 spiro atoms. The van der Waals surface area contributed by atoms with E-state index in [1.54, 1.807) is 11.1 Å². The van der Waals surface area contributed by atoms with Crippen molar-refractivity contribution in [3.63, 3.8) is 0 Å². The smallest absolute Gasteiger partial charge is 0.295 e. The molecule has 1 fully saturated rings. The number of benzene rings is 2. The minimum atomic E-state index is -0.629. The Kier molecular flexibility index (Phi) is 4.97. The van der Waals surface area contributed by atoms with Gasteiger partial charge < -0.3 is 15.0 Å². The maximum absolute atomic E-state index is 13.0. The zero-order valence-corrected chi connectivity index (χ0v) is 16.6. The molecule has 2 heterocycles. The fraction of sp³-hybridized carbons (Fsp3) is 0.250. The second-order valence-electron chi connectivity index (χ2n) is 7.51. The van der Waals surface area contributed by atoms with Gasteiger partial charge in [0.05, 0.1) is 11.6 Å². The normalized spacial score (nSPS) is 18.7. The summed E-state index contributed by atoms with van der Waals surface area (Å²) in [6, 6.07) is 14.7. The zero-order chi connectivity index (χ0) is 20.5. The van der Waals surface area contributed by atoms with Crippen LogP contribution >= 0.6 is 0 Å². The summed E-state index contributed by atoms with van der Waals surface area (Å²) in [6.07, 6.45) is 3.39. The number of ketones is 1. The van der Waals surface area contributed by atoms with E-state index < -0.39 is 17.7 Å². The molecular weight excluding hydrogens is 364 g/mol. The van der Waals surface area contributed by atoms with Gasteiger partial charge in [-0.3, -0.25) is 9.59 Å². The highest BCUT2D eigenvalue weighted by atomic mass is 16.3. The first-order valence-corrected chi connectivity index (χ1v) is 9.94. The molecule has 2 N–H and O–H groups in total. The fourth-order valence-electron chi connectivity index (χ4n) is 4.04. The Morgan fingerprint density at radius 2 is 1.93 bits per heavy atom. The Hall–Kier alpha value is -3.34. The van der Waals surface area contributed by atoms with Gasteiger partial charge in [-0.15, -0.1) is 0 Å². The molecule has 1 amide bonds. The molecule has 0 saturated carbocycles. The number of hydrogen-bond donors (Lipinski definition) is 2. The van der Waals surface area contributed by atoms with Gasteiger partial charge >= 0.3 is 0 Å². The van der Waals surface area contributed by atoms with Crippen molar-refractivity contribution < 1.29 is 14.7 Å². The van der Waals surface area contributed by atoms with Gasteiger partial charge in [0.25, 0.3) is 11.7 Å². The highest BCUT2D eigenvalue weighted by molar-refractivity contribution is 6.46. The molecule has 29 heavy (non-hydrogen) atoms. The quantitative estimate of drug-likeness (QED) is 0.378. The van der Waals surface area contributed by atoms with Gasteiger partial charge in [-0.2, -0.15) is 0 Å². The third-order valence-corrected chi connectivity index (χ3v) is 5.49. The molecule has 1 aliphatic heterocycles. The van der Waals surface area contributed by atoms with Crippen molar-refractivity contribution in [1.29, 1.82) is 0 Å².